The van der Waals surface area contributed by atoms with E-state index in [1.165, 1.54) is 13.8 Å². The first kappa shape index (κ1) is 19.4. The summed E-state index contributed by atoms with van der Waals surface area (Å²) in [5.41, 5.74) is -3.41. The van der Waals surface area contributed by atoms with Crippen molar-refractivity contribution in [3.8, 4) is 0 Å². The lowest BCUT2D eigenvalue weighted by atomic mass is 10.2. The number of carbonyl (C=O) groups is 2. The summed E-state index contributed by atoms with van der Waals surface area (Å²) in [7, 11) is 0. The zero-order valence-corrected chi connectivity index (χ0v) is 14.2. The Bertz CT molecular complexity index is 1160. The van der Waals surface area contributed by atoms with Crippen LogP contribution in [0.4, 0.5) is 0 Å². The van der Waals surface area contributed by atoms with Crippen molar-refractivity contribution in [3.05, 3.63) is 77.3 Å². The molecule has 0 fully saturated rings. The molecule has 0 amide bonds. The minimum atomic E-state index is -1.13. The Labute approximate surface area is 149 Å². The van der Waals surface area contributed by atoms with Crippen LogP contribution in [0, 0.1) is 13.8 Å². The maximum Gasteiger partial charge on any atom is 0.361 e. The number of rotatable bonds is 5. The van der Waals surface area contributed by atoms with Gasteiger partial charge in [-0.1, -0.05) is 6.58 Å². The van der Waals surface area contributed by atoms with Gasteiger partial charge in [-0.15, -0.1) is 9.46 Å². The summed E-state index contributed by atoms with van der Waals surface area (Å²) in [6, 6.07) is 0. The van der Waals surface area contributed by atoms with Gasteiger partial charge >= 0.3 is 23.3 Å². The predicted molar refractivity (Wildman–Crippen MR) is 89.1 cm³/mol. The van der Waals surface area contributed by atoms with E-state index in [9.17, 15) is 28.8 Å². The molecule has 2 rings (SSSR count). The van der Waals surface area contributed by atoms with Crippen LogP contribution in [0.5, 0.6) is 0 Å². The fourth-order valence-corrected chi connectivity index (χ4v) is 1.77. The second kappa shape index (κ2) is 7.51. The average molecular weight is 378 g/mol. The van der Waals surface area contributed by atoms with Crippen LogP contribution in [-0.4, -0.2) is 31.4 Å². The molecule has 0 saturated heterocycles. The fraction of sp³-hybridized carbons (Fsp3) is 0.200. The van der Waals surface area contributed by atoms with Crippen LogP contribution >= 0.6 is 0 Å². The van der Waals surface area contributed by atoms with Gasteiger partial charge in [0.15, 0.2) is 0 Å². The smallest absolute Gasteiger partial charge is 0.332 e. The highest BCUT2D eigenvalue weighted by Gasteiger charge is 2.18. The van der Waals surface area contributed by atoms with Crippen LogP contribution in [0.15, 0.2) is 43.7 Å². The van der Waals surface area contributed by atoms with E-state index in [0.717, 1.165) is 12.4 Å². The van der Waals surface area contributed by atoms with Crippen molar-refractivity contribution in [2.75, 3.05) is 0 Å². The Morgan fingerprint density at radius 1 is 0.926 bits per heavy atom. The van der Waals surface area contributed by atoms with E-state index < -0.39 is 40.9 Å². The molecular formula is C15H14N4O8. The Morgan fingerprint density at radius 3 is 1.85 bits per heavy atom. The van der Waals surface area contributed by atoms with E-state index in [2.05, 4.69) is 6.58 Å². The summed E-state index contributed by atoms with van der Waals surface area (Å²) in [5, 5.41) is 0. The molecule has 142 valence electrons. The molecule has 0 atom stereocenters. The van der Waals surface area contributed by atoms with E-state index >= 15 is 0 Å². The van der Waals surface area contributed by atoms with Gasteiger partial charge in [0.2, 0.25) is 0 Å². The highest BCUT2D eigenvalue weighted by molar-refractivity contribution is 5.93. The van der Waals surface area contributed by atoms with Gasteiger partial charge in [-0.05, 0) is 13.8 Å². The average Bonchev–Trinajstić information content (AvgIpc) is 2.57. The highest BCUT2D eigenvalue weighted by atomic mass is 16.7. The normalized spacial score (nSPS) is 10.3. The monoisotopic (exact) mass is 378 g/mol. The first-order valence-corrected chi connectivity index (χ1v) is 7.35. The molecule has 2 N–H and O–H groups in total. The SMILES string of the molecule is C=C(CC(=O)On1cc(C)c(=O)[nH]c1=O)C(=O)On1cc(C)c(=O)[nH]c1=O. The van der Waals surface area contributed by atoms with Crippen molar-refractivity contribution in [1.82, 2.24) is 19.4 Å². The number of H-pyrrole nitrogens is 2. The van der Waals surface area contributed by atoms with Crippen LogP contribution < -0.4 is 32.2 Å². The minimum absolute atomic E-state index is 0.111. The summed E-state index contributed by atoms with van der Waals surface area (Å²) >= 11 is 0. The molecule has 0 spiro atoms. The molecule has 0 radical (unpaired) electrons. The molecule has 2 aromatic heterocycles. The minimum Gasteiger partial charge on any atom is -0.332 e. The molecule has 0 unspecified atom stereocenters. The Balaban J connectivity index is 2.06. The van der Waals surface area contributed by atoms with Crippen LogP contribution in [0.2, 0.25) is 0 Å². The van der Waals surface area contributed by atoms with Gasteiger partial charge < -0.3 is 9.68 Å². The van der Waals surface area contributed by atoms with Crippen molar-refractivity contribution >= 4 is 11.9 Å². The number of aromatic amines is 2. The van der Waals surface area contributed by atoms with Crippen LogP contribution in [0.25, 0.3) is 0 Å². The number of nitrogens with zero attached hydrogens (tertiary/aromatic N) is 2. The van der Waals surface area contributed by atoms with Gasteiger partial charge in [0.25, 0.3) is 11.1 Å². The summed E-state index contributed by atoms with van der Waals surface area (Å²) in [4.78, 5) is 82.7. The molecule has 0 aromatic carbocycles. The van der Waals surface area contributed by atoms with Crippen LogP contribution in [0.1, 0.15) is 17.5 Å². The van der Waals surface area contributed by atoms with Crippen LogP contribution in [0.3, 0.4) is 0 Å². The Kier molecular flexibility index (Phi) is 5.39. The zero-order valence-electron chi connectivity index (χ0n) is 14.2. The third-order valence-corrected chi connectivity index (χ3v) is 3.21. The van der Waals surface area contributed by atoms with Gasteiger partial charge in [-0.3, -0.25) is 19.6 Å². The lowest BCUT2D eigenvalue weighted by Crippen LogP contribution is -2.38. The number of hydrogen-bond acceptors (Lipinski definition) is 8. The molecule has 0 bridgehead atoms. The summed E-state index contributed by atoms with van der Waals surface area (Å²) in [6.45, 7) is 6.13. The molecule has 0 aliphatic carbocycles. The molecule has 12 heteroatoms. The third-order valence-electron chi connectivity index (χ3n) is 3.21. The standard InChI is InChI=1S/C15H14N4O8/c1-7(13(23)27-19-6-9(3)12(22)17-15(19)25)4-10(20)26-18-5-8(2)11(21)16-14(18)24/h5-6H,1,4H2,2-3H3,(H,16,21,24)(H,17,22,25). The third kappa shape index (κ3) is 4.56. The van der Waals surface area contributed by atoms with Gasteiger partial charge in [-0.25, -0.2) is 19.2 Å². The summed E-state index contributed by atoms with van der Waals surface area (Å²) in [5.74, 6) is -2.18. The van der Waals surface area contributed by atoms with E-state index in [1.54, 1.807) is 0 Å². The molecule has 2 aromatic rings. The number of aryl methyl sites for hydroxylation is 2. The molecule has 27 heavy (non-hydrogen) atoms. The molecule has 0 aliphatic rings. The molecular weight excluding hydrogens is 364 g/mol. The van der Waals surface area contributed by atoms with Crippen molar-refractivity contribution in [1.29, 1.82) is 0 Å². The van der Waals surface area contributed by atoms with E-state index in [4.69, 9.17) is 9.68 Å². The molecule has 12 nitrogen and oxygen atoms in total. The Morgan fingerprint density at radius 2 is 1.37 bits per heavy atom. The van der Waals surface area contributed by atoms with Crippen molar-refractivity contribution in [2.24, 2.45) is 0 Å². The first-order valence-electron chi connectivity index (χ1n) is 7.35. The molecule has 2 heterocycles. The lowest BCUT2D eigenvalue weighted by Gasteiger charge is -2.09. The largest absolute Gasteiger partial charge is 0.361 e. The van der Waals surface area contributed by atoms with Gasteiger partial charge in [0.05, 0.1) is 18.8 Å². The van der Waals surface area contributed by atoms with E-state index in [0.29, 0.717) is 9.46 Å². The second-order valence-electron chi connectivity index (χ2n) is 5.42. The Hall–Kier alpha value is -3.96. The predicted octanol–water partition coefficient (Wildman–Crippen LogP) is -2.44. The highest BCUT2D eigenvalue weighted by Crippen LogP contribution is 2.00. The topological polar surface area (TPSA) is 162 Å². The first-order chi connectivity index (χ1) is 12.6. The van der Waals surface area contributed by atoms with E-state index in [1.807, 2.05) is 9.97 Å². The maximum atomic E-state index is 11.9. The lowest BCUT2D eigenvalue weighted by molar-refractivity contribution is -0.147. The van der Waals surface area contributed by atoms with Crippen molar-refractivity contribution in [3.63, 3.8) is 0 Å². The molecule has 0 saturated carbocycles. The number of hydrogen-bond donors (Lipinski definition) is 2. The number of nitrogens with one attached hydrogen (secondary N) is 2. The quantitative estimate of drug-likeness (QED) is 0.542. The van der Waals surface area contributed by atoms with Crippen molar-refractivity contribution in [2.45, 2.75) is 20.3 Å². The van der Waals surface area contributed by atoms with E-state index in [-0.39, 0.29) is 16.7 Å². The van der Waals surface area contributed by atoms with Gasteiger partial charge in [0.1, 0.15) is 0 Å². The van der Waals surface area contributed by atoms with Gasteiger partial charge in [0, 0.05) is 16.7 Å². The second-order valence-corrected chi connectivity index (χ2v) is 5.42. The number of carbonyl (C=O) groups excluding carboxylic acids is 2. The van der Waals surface area contributed by atoms with Gasteiger partial charge in [-0.2, -0.15) is 0 Å². The fourth-order valence-electron chi connectivity index (χ4n) is 1.77. The maximum absolute atomic E-state index is 11.9. The zero-order chi connectivity index (χ0) is 20.3. The van der Waals surface area contributed by atoms with Crippen LogP contribution in [-0.2, 0) is 9.59 Å². The number of aromatic nitrogens is 4. The van der Waals surface area contributed by atoms with Crippen molar-refractivity contribution < 1.29 is 19.3 Å². The summed E-state index contributed by atoms with van der Waals surface area (Å²) < 4.78 is 0.971. The molecule has 0 aliphatic heterocycles. The summed E-state index contributed by atoms with van der Waals surface area (Å²) in [6.07, 6.45) is 1.33.